The van der Waals surface area contributed by atoms with E-state index in [0.717, 1.165) is 0 Å². The van der Waals surface area contributed by atoms with E-state index >= 15 is 0 Å². The van der Waals surface area contributed by atoms with Gasteiger partial charge in [-0.05, 0) is 6.42 Å². The smallest absolute Gasteiger partial charge is 0.320 e. The van der Waals surface area contributed by atoms with Crippen LogP contribution in [0.15, 0.2) is 0 Å². The van der Waals surface area contributed by atoms with Crippen LogP contribution in [0.2, 0.25) is 0 Å². The van der Waals surface area contributed by atoms with Crippen molar-refractivity contribution in [3.63, 3.8) is 0 Å². The first-order chi connectivity index (χ1) is 7.57. The monoisotopic (exact) mass is 281 g/mol. The second-order valence-corrected chi connectivity index (χ2v) is 5.13. The number of hydrogen-bond donors (Lipinski definition) is 2. The maximum Gasteiger partial charge on any atom is 0.320 e. The van der Waals surface area contributed by atoms with Gasteiger partial charge in [0.05, 0.1) is 12.3 Å². The molecular weight excluding hydrogens is 270 g/mol. The Morgan fingerprint density at radius 2 is 1.88 bits per heavy atom. The molecule has 0 aliphatic rings. The molecule has 0 aromatic carbocycles. The topological polar surface area (TPSA) is 83.5 Å². The highest BCUT2D eigenvalue weighted by Crippen LogP contribution is 2.21. The van der Waals surface area contributed by atoms with Gasteiger partial charge in [-0.1, -0.05) is 0 Å². The summed E-state index contributed by atoms with van der Waals surface area (Å²) in [6.07, 6.45) is -4.71. The lowest BCUT2D eigenvalue weighted by Gasteiger charge is -2.15. The summed E-state index contributed by atoms with van der Waals surface area (Å²) in [4.78, 5) is 10.1. The van der Waals surface area contributed by atoms with Crippen molar-refractivity contribution in [3.8, 4) is 0 Å². The minimum atomic E-state index is -4.44. The summed E-state index contributed by atoms with van der Waals surface area (Å²) < 4.78 is 71.4. The number of nitrogens with one attached hydrogen (secondary N) is 1. The summed E-state index contributed by atoms with van der Waals surface area (Å²) >= 11 is 0. The Labute approximate surface area is 94.9 Å². The second-order valence-electron chi connectivity index (χ2n) is 3.20. The van der Waals surface area contributed by atoms with Crippen LogP contribution in [0, 0.1) is 0 Å². The van der Waals surface area contributed by atoms with Crippen LogP contribution in [0.4, 0.5) is 17.6 Å². The Morgan fingerprint density at radius 3 is 2.29 bits per heavy atom. The number of alkyl halides is 4. The van der Waals surface area contributed by atoms with Crippen molar-refractivity contribution < 1.29 is 35.9 Å². The molecule has 0 aliphatic carbocycles. The van der Waals surface area contributed by atoms with Crippen LogP contribution in [0.5, 0.6) is 0 Å². The van der Waals surface area contributed by atoms with Crippen LogP contribution in [0.25, 0.3) is 0 Å². The number of carboxylic acids is 1. The predicted octanol–water partition coefficient (Wildman–Crippen LogP) is 0.671. The van der Waals surface area contributed by atoms with Gasteiger partial charge in [-0.15, -0.1) is 0 Å². The van der Waals surface area contributed by atoms with Crippen molar-refractivity contribution in [2.24, 2.45) is 0 Å². The fourth-order valence-corrected chi connectivity index (χ4v) is 1.85. The van der Waals surface area contributed by atoms with Crippen LogP contribution < -0.4 is 4.72 Å². The number of carboxylic acid groups (broad SMARTS) is 1. The standard InChI is InChI=1S/C7H11F4NO4S/c8-6(9)7(10,11)4-12-17(15,16)3-1-2-5(13)14/h6,12H,1-4H2,(H,13,14). The van der Waals surface area contributed by atoms with Gasteiger partial charge in [-0.3, -0.25) is 4.79 Å². The molecular formula is C7H11F4NO4S. The van der Waals surface area contributed by atoms with Crippen LogP contribution in [0.3, 0.4) is 0 Å². The minimum Gasteiger partial charge on any atom is -0.481 e. The summed E-state index contributed by atoms with van der Waals surface area (Å²) in [6.45, 7) is -1.71. The molecule has 0 fully saturated rings. The lowest BCUT2D eigenvalue weighted by molar-refractivity contribution is -0.137. The molecule has 2 N–H and O–H groups in total. The highest BCUT2D eigenvalue weighted by atomic mass is 32.2. The van der Waals surface area contributed by atoms with E-state index in [1.165, 1.54) is 4.72 Å². The average Bonchev–Trinajstić information content (AvgIpc) is 2.14. The van der Waals surface area contributed by atoms with E-state index in [-0.39, 0.29) is 6.42 Å². The molecule has 0 atom stereocenters. The van der Waals surface area contributed by atoms with Crippen molar-refractivity contribution in [3.05, 3.63) is 0 Å². The van der Waals surface area contributed by atoms with Gasteiger partial charge in [0.15, 0.2) is 0 Å². The SMILES string of the molecule is O=C(O)CCCS(=O)(=O)NCC(F)(F)C(F)F. The number of aliphatic carboxylic acids is 1. The van der Waals surface area contributed by atoms with Crippen molar-refractivity contribution in [1.29, 1.82) is 0 Å². The molecule has 0 saturated carbocycles. The van der Waals surface area contributed by atoms with Gasteiger partial charge in [-0.25, -0.2) is 21.9 Å². The van der Waals surface area contributed by atoms with E-state index in [9.17, 15) is 30.8 Å². The molecule has 5 nitrogen and oxygen atoms in total. The number of halogens is 4. The van der Waals surface area contributed by atoms with Crippen LogP contribution in [-0.4, -0.2) is 44.1 Å². The van der Waals surface area contributed by atoms with Crippen molar-refractivity contribution in [2.45, 2.75) is 25.2 Å². The molecule has 0 aliphatic heterocycles. The van der Waals surface area contributed by atoms with Crippen LogP contribution >= 0.6 is 0 Å². The summed E-state index contributed by atoms with van der Waals surface area (Å²) in [5, 5.41) is 8.21. The zero-order valence-electron chi connectivity index (χ0n) is 8.50. The average molecular weight is 281 g/mol. The van der Waals surface area contributed by atoms with Gasteiger partial charge in [0.2, 0.25) is 10.0 Å². The van der Waals surface area contributed by atoms with Gasteiger partial charge in [0, 0.05) is 6.42 Å². The second kappa shape index (κ2) is 6.15. The fourth-order valence-electron chi connectivity index (χ4n) is 0.769. The van der Waals surface area contributed by atoms with Crippen molar-refractivity contribution in [2.75, 3.05) is 12.3 Å². The first-order valence-electron chi connectivity index (χ1n) is 4.42. The molecule has 0 amide bonds. The molecule has 0 saturated heterocycles. The summed E-state index contributed by atoms with van der Waals surface area (Å²) in [5.74, 6) is -6.39. The molecule has 0 unspecified atom stereocenters. The van der Waals surface area contributed by atoms with Gasteiger partial charge in [0.25, 0.3) is 0 Å². The molecule has 0 bridgehead atoms. The Hall–Kier alpha value is -0.900. The van der Waals surface area contributed by atoms with Crippen LogP contribution in [0.1, 0.15) is 12.8 Å². The van der Waals surface area contributed by atoms with E-state index in [2.05, 4.69) is 0 Å². The van der Waals surface area contributed by atoms with E-state index in [0.29, 0.717) is 0 Å². The minimum absolute atomic E-state index is 0.287. The number of rotatable bonds is 8. The summed E-state index contributed by atoms with van der Waals surface area (Å²) in [7, 11) is -4.17. The lowest BCUT2D eigenvalue weighted by Crippen LogP contribution is -2.42. The number of sulfonamides is 1. The maximum absolute atomic E-state index is 12.4. The van der Waals surface area contributed by atoms with Gasteiger partial charge in [-0.2, -0.15) is 8.78 Å². The lowest BCUT2D eigenvalue weighted by atomic mass is 10.3. The van der Waals surface area contributed by atoms with Crippen LogP contribution in [-0.2, 0) is 14.8 Å². The molecule has 0 heterocycles. The van der Waals surface area contributed by atoms with Gasteiger partial charge >= 0.3 is 18.3 Å². The highest BCUT2D eigenvalue weighted by Gasteiger charge is 2.41. The van der Waals surface area contributed by atoms with Crippen molar-refractivity contribution in [1.82, 2.24) is 4.72 Å². The van der Waals surface area contributed by atoms with E-state index in [1.54, 1.807) is 0 Å². The molecule has 0 aromatic heterocycles. The van der Waals surface area contributed by atoms with Crippen molar-refractivity contribution >= 4 is 16.0 Å². The molecule has 10 heteroatoms. The number of carbonyl (C=O) groups is 1. The Kier molecular flexibility index (Phi) is 5.82. The zero-order valence-corrected chi connectivity index (χ0v) is 9.31. The molecule has 0 spiro atoms. The largest absolute Gasteiger partial charge is 0.481 e. The molecule has 17 heavy (non-hydrogen) atoms. The highest BCUT2D eigenvalue weighted by molar-refractivity contribution is 7.89. The maximum atomic E-state index is 12.4. The molecule has 0 aromatic rings. The first kappa shape index (κ1) is 16.1. The summed E-state index contributed by atoms with van der Waals surface area (Å²) in [5.41, 5.74) is 0. The third kappa shape index (κ3) is 7.10. The third-order valence-corrected chi connectivity index (χ3v) is 3.06. The quantitative estimate of drug-likeness (QED) is 0.641. The van der Waals surface area contributed by atoms with Gasteiger partial charge in [0.1, 0.15) is 0 Å². The summed E-state index contributed by atoms with van der Waals surface area (Å²) in [6, 6.07) is 0. The Bertz CT molecular complexity index is 357. The number of hydrogen-bond acceptors (Lipinski definition) is 3. The van der Waals surface area contributed by atoms with E-state index in [4.69, 9.17) is 5.11 Å². The Balaban J connectivity index is 4.15. The molecule has 102 valence electrons. The van der Waals surface area contributed by atoms with E-state index in [1.807, 2.05) is 0 Å². The fraction of sp³-hybridized carbons (Fsp3) is 0.857. The molecule has 0 radical (unpaired) electrons. The predicted molar refractivity (Wildman–Crippen MR) is 49.6 cm³/mol. The first-order valence-corrected chi connectivity index (χ1v) is 6.07. The normalized spacial score (nSPS) is 13.0. The zero-order chi connectivity index (χ0) is 13.7. The van der Waals surface area contributed by atoms with Gasteiger partial charge < -0.3 is 5.11 Å². The van der Waals surface area contributed by atoms with E-state index < -0.39 is 47.1 Å². The third-order valence-electron chi connectivity index (χ3n) is 1.65. The molecule has 0 rings (SSSR count). The Morgan fingerprint density at radius 1 is 1.35 bits per heavy atom.